The van der Waals surface area contributed by atoms with Gasteiger partial charge >= 0.3 is 5.97 Å². The first kappa shape index (κ1) is 18.4. The molecular weight excluding hydrogens is 336 g/mol. The number of aliphatic carboxylic acids is 1. The highest BCUT2D eigenvalue weighted by Gasteiger charge is 2.28. The van der Waals surface area contributed by atoms with E-state index >= 15 is 0 Å². The summed E-state index contributed by atoms with van der Waals surface area (Å²) in [6.45, 7) is 5.77. The topological polar surface area (TPSA) is 83.2 Å². The number of fused-ring (bicyclic) bond motifs is 1. The lowest BCUT2D eigenvalue weighted by Gasteiger charge is -2.34. The number of hydrogen-bond acceptors (Lipinski definition) is 5. The van der Waals surface area contributed by atoms with Crippen LogP contribution in [-0.2, 0) is 9.53 Å². The Morgan fingerprint density at radius 2 is 2.00 bits per heavy atom. The minimum Gasteiger partial charge on any atom is -0.480 e. The van der Waals surface area contributed by atoms with Gasteiger partial charge < -0.3 is 19.2 Å². The van der Waals surface area contributed by atoms with Crippen LogP contribution in [0, 0.1) is 13.8 Å². The van der Waals surface area contributed by atoms with E-state index in [9.17, 15) is 9.59 Å². The van der Waals surface area contributed by atoms with Crippen molar-refractivity contribution in [3.8, 4) is 0 Å². The van der Waals surface area contributed by atoms with Gasteiger partial charge in [0.25, 0.3) is 5.91 Å². The highest BCUT2D eigenvalue weighted by Crippen LogP contribution is 2.24. The number of benzene rings is 1. The molecule has 0 spiro atoms. The number of carbonyl (C=O) groups is 2. The average molecular weight is 360 g/mol. The van der Waals surface area contributed by atoms with Crippen LogP contribution in [0.15, 0.2) is 22.6 Å². The molecule has 0 aliphatic carbocycles. The molecule has 1 aromatic heterocycles. The third kappa shape index (κ3) is 4.05. The maximum absolute atomic E-state index is 12.8. The van der Waals surface area contributed by atoms with E-state index < -0.39 is 5.97 Å². The monoisotopic (exact) mass is 360 g/mol. The standard InChI is InChI=1S/C19H24N2O5/c1-12-6-14-8-17(26-16(14)7-13(12)2)19(24)21-4-5-25-15(10-21)9-20(3)11-18(22)23/h6-8,15H,4-5,9-11H2,1-3H3,(H,22,23). The summed E-state index contributed by atoms with van der Waals surface area (Å²) in [6.07, 6.45) is -0.217. The lowest BCUT2D eigenvalue weighted by atomic mass is 10.1. The van der Waals surface area contributed by atoms with Crippen LogP contribution in [0.2, 0.25) is 0 Å². The molecule has 1 atom stereocenters. The number of ether oxygens (including phenoxy) is 1. The summed E-state index contributed by atoms with van der Waals surface area (Å²) in [4.78, 5) is 27.0. The van der Waals surface area contributed by atoms with Gasteiger partial charge in [-0.05, 0) is 50.2 Å². The minimum absolute atomic E-state index is 0.0594. The molecule has 140 valence electrons. The van der Waals surface area contributed by atoms with Gasteiger partial charge in [0.15, 0.2) is 5.76 Å². The van der Waals surface area contributed by atoms with Crippen LogP contribution >= 0.6 is 0 Å². The Kier molecular flexibility index (Phi) is 5.29. The quantitative estimate of drug-likeness (QED) is 0.877. The fraction of sp³-hybridized carbons (Fsp3) is 0.474. The van der Waals surface area contributed by atoms with Crippen molar-refractivity contribution in [1.82, 2.24) is 9.80 Å². The summed E-state index contributed by atoms with van der Waals surface area (Å²) in [7, 11) is 1.72. The average Bonchev–Trinajstić information content (AvgIpc) is 2.96. The third-order valence-corrected chi connectivity index (χ3v) is 4.69. The van der Waals surface area contributed by atoms with Gasteiger partial charge in [-0.3, -0.25) is 14.5 Å². The van der Waals surface area contributed by atoms with E-state index in [-0.39, 0.29) is 18.6 Å². The number of furan rings is 1. The Hall–Kier alpha value is -2.38. The molecule has 1 aliphatic heterocycles. The molecule has 0 bridgehead atoms. The molecule has 1 unspecified atom stereocenters. The summed E-state index contributed by atoms with van der Waals surface area (Å²) in [5.74, 6) is -0.723. The van der Waals surface area contributed by atoms with Gasteiger partial charge in [-0.1, -0.05) is 0 Å². The number of nitrogens with zero attached hydrogens (tertiary/aromatic N) is 2. The number of carbonyl (C=O) groups excluding carboxylic acids is 1. The highest BCUT2D eigenvalue weighted by atomic mass is 16.5. The van der Waals surface area contributed by atoms with Gasteiger partial charge in [-0.15, -0.1) is 0 Å². The second-order valence-electron chi connectivity index (χ2n) is 6.92. The molecular formula is C19H24N2O5. The van der Waals surface area contributed by atoms with E-state index in [1.165, 1.54) is 0 Å². The molecule has 2 aromatic rings. The van der Waals surface area contributed by atoms with Crippen molar-refractivity contribution in [2.45, 2.75) is 20.0 Å². The number of aryl methyl sites for hydroxylation is 2. The van der Waals surface area contributed by atoms with E-state index in [1.807, 2.05) is 26.0 Å². The number of carboxylic acids is 1. The van der Waals surface area contributed by atoms with Crippen LogP contribution in [0.3, 0.4) is 0 Å². The second kappa shape index (κ2) is 7.47. The molecule has 1 aliphatic rings. The SMILES string of the molecule is Cc1cc2cc(C(=O)N3CCOC(CN(C)CC(=O)O)C3)oc2cc1C. The number of carboxylic acid groups (broad SMARTS) is 1. The smallest absolute Gasteiger partial charge is 0.317 e. The molecule has 1 fully saturated rings. The van der Waals surface area contributed by atoms with Gasteiger partial charge in [-0.2, -0.15) is 0 Å². The highest BCUT2D eigenvalue weighted by molar-refractivity contribution is 5.96. The van der Waals surface area contributed by atoms with Gasteiger partial charge in [-0.25, -0.2) is 0 Å². The summed E-state index contributed by atoms with van der Waals surface area (Å²) in [5.41, 5.74) is 2.99. The molecule has 1 aromatic carbocycles. The predicted molar refractivity (Wildman–Crippen MR) is 96.5 cm³/mol. The Labute approximate surface area is 152 Å². The lowest BCUT2D eigenvalue weighted by Crippen LogP contribution is -2.49. The molecule has 0 saturated carbocycles. The Morgan fingerprint density at radius 1 is 1.27 bits per heavy atom. The lowest BCUT2D eigenvalue weighted by molar-refractivity contribution is -0.138. The summed E-state index contributed by atoms with van der Waals surface area (Å²) in [6, 6.07) is 5.75. The van der Waals surface area contributed by atoms with Crippen molar-refractivity contribution >= 4 is 22.8 Å². The maximum Gasteiger partial charge on any atom is 0.317 e. The van der Waals surface area contributed by atoms with Crippen molar-refractivity contribution in [2.75, 3.05) is 39.8 Å². The van der Waals surface area contributed by atoms with Gasteiger partial charge in [0.05, 0.1) is 19.3 Å². The fourth-order valence-electron chi connectivity index (χ4n) is 3.22. The zero-order valence-electron chi connectivity index (χ0n) is 15.3. The summed E-state index contributed by atoms with van der Waals surface area (Å²) < 4.78 is 11.4. The molecule has 26 heavy (non-hydrogen) atoms. The third-order valence-electron chi connectivity index (χ3n) is 4.69. The van der Waals surface area contributed by atoms with E-state index in [0.29, 0.717) is 37.6 Å². The van der Waals surface area contributed by atoms with E-state index in [0.717, 1.165) is 16.5 Å². The van der Waals surface area contributed by atoms with E-state index in [4.69, 9.17) is 14.3 Å². The fourth-order valence-corrected chi connectivity index (χ4v) is 3.22. The molecule has 3 rings (SSSR count). The van der Waals surface area contributed by atoms with Crippen LogP contribution in [0.1, 0.15) is 21.7 Å². The zero-order chi connectivity index (χ0) is 18.8. The number of hydrogen-bond donors (Lipinski definition) is 1. The molecule has 0 radical (unpaired) electrons. The van der Waals surface area contributed by atoms with Crippen LogP contribution in [-0.4, -0.2) is 72.7 Å². The first-order chi connectivity index (χ1) is 12.3. The van der Waals surface area contributed by atoms with Crippen molar-refractivity contribution in [1.29, 1.82) is 0 Å². The van der Waals surface area contributed by atoms with Crippen molar-refractivity contribution < 1.29 is 23.8 Å². The number of likely N-dealkylation sites (N-methyl/N-ethyl adjacent to an activating group) is 1. The van der Waals surface area contributed by atoms with E-state index in [1.54, 1.807) is 22.9 Å². The zero-order valence-corrected chi connectivity index (χ0v) is 15.3. The van der Waals surface area contributed by atoms with Crippen molar-refractivity contribution in [3.05, 3.63) is 35.1 Å². The Bertz CT molecular complexity index is 790. The molecule has 1 saturated heterocycles. The minimum atomic E-state index is -0.885. The molecule has 2 heterocycles. The Balaban J connectivity index is 1.70. The number of morpholine rings is 1. The molecule has 7 heteroatoms. The van der Waals surface area contributed by atoms with E-state index in [2.05, 4.69) is 0 Å². The number of rotatable bonds is 5. The van der Waals surface area contributed by atoms with Crippen LogP contribution in [0.4, 0.5) is 0 Å². The first-order valence-corrected chi connectivity index (χ1v) is 8.65. The Morgan fingerprint density at radius 3 is 2.73 bits per heavy atom. The normalized spacial score (nSPS) is 17.8. The molecule has 1 N–H and O–H groups in total. The molecule has 7 nitrogen and oxygen atoms in total. The summed E-state index contributed by atoms with van der Waals surface area (Å²) >= 11 is 0. The molecule has 1 amide bonds. The first-order valence-electron chi connectivity index (χ1n) is 8.65. The van der Waals surface area contributed by atoms with Crippen LogP contribution < -0.4 is 0 Å². The van der Waals surface area contributed by atoms with Crippen molar-refractivity contribution in [3.63, 3.8) is 0 Å². The second-order valence-corrected chi connectivity index (χ2v) is 6.92. The predicted octanol–water partition coefficient (Wildman–Crippen LogP) is 1.91. The maximum atomic E-state index is 12.8. The van der Waals surface area contributed by atoms with Gasteiger partial charge in [0, 0.05) is 25.0 Å². The van der Waals surface area contributed by atoms with Crippen LogP contribution in [0.5, 0.6) is 0 Å². The van der Waals surface area contributed by atoms with Gasteiger partial charge in [0.2, 0.25) is 0 Å². The largest absolute Gasteiger partial charge is 0.480 e. The summed E-state index contributed by atoms with van der Waals surface area (Å²) in [5, 5.41) is 9.77. The van der Waals surface area contributed by atoms with Crippen LogP contribution in [0.25, 0.3) is 11.0 Å². The van der Waals surface area contributed by atoms with Gasteiger partial charge in [0.1, 0.15) is 5.58 Å². The number of amides is 1. The van der Waals surface area contributed by atoms with Crippen molar-refractivity contribution in [2.24, 2.45) is 0 Å².